The van der Waals surface area contributed by atoms with Crippen LogP contribution in [-0.2, 0) is 5.88 Å². The van der Waals surface area contributed by atoms with Gasteiger partial charge < -0.3 is 0 Å². The Bertz CT molecular complexity index is 450. The van der Waals surface area contributed by atoms with E-state index in [9.17, 15) is 4.39 Å². The van der Waals surface area contributed by atoms with Crippen LogP contribution in [0.15, 0.2) is 17.5 Å². The van der Waals surface area contributed by atoms with Crippen molar-refractivity contribution in [1.82, 2.24) is 0 Å². The van der Waals surface area contributed by atoms with Crippen LogP contribution in [0.4, 0.5) is 4.39 Å². The summed E-state index contributed by atoms with van der Waals surface area (Å²) in [6.45, 7) is 0. The fourth-order valence-electron chi connectivity index (χ4n) is 1.28. The molecule has 0 radical (unpaired) electrons. The summed E-state index contributed by atoms with van der Waals surface area (Å²) in [4.78, 5) is 0. The highest BCUT2D eigenvalue weighted by atomic mass is 35.5. The SMILES string of the molecule is Fc1csc2cc(Cl)cc(CCl)c12. The molecule has 0 atom stereocenters. The van der Waals surface area contributed by atoms with Crippen molar-refractivity contribution in [1.29, 1.82) is 0 Å². The number of hydrogen-bond acceptors (Lipinski definition) is 1. The van der Waals surface area contributed by atoms with E-state index in [0.29, 0.717) is 10.4 Å². The molecular weight excluding hydrogens is 230 g/mol. The van der Waals surface area contributed by atoms with Crippen LogP contribution in [0.25, 0.3) is 10.1 Å². The fourth-order valence-corrected chi connectivity index (χ4v) is 2.69. The van der Waals surface area contributed by atoms with Crippen LogP contribution in [-0.4, -0.2) is 0 Å². The van der Waals surface area contributed by atoms with E-state index >= 15 is 0 Å². The maximum atomic E-state index is 13.2. The second kappa shape index (κ2) is 3.45. The summed E-state index contributed by atoms with van der Waals surface area (Å²) in [5.74, 6) is 0.0670. The molecule has 2 rings (SSSR count). The molecule has 1 aromatic heterocycles. The average molecular weight is 235 g/mol. The van der Waals surface area contributed by atoms with E-state index in [2.05, 4.69) is 0 Å². The molecule has 0 aliphatic heterocycles. The first-order valence-electron chi connectivity index (χ1n) is 3.63. The first-order chi connectivity index (χ1) is 6.22. The van der Waals surface area contributed by atoms with E-state index in [4.69, 9.17) is 23.2 Å². The molecule has 1 heterocycles. The molecule has 0 saturated carbocycles. The topological polar surface area (TPSA) is 0 Å². The fraction of sp³-hybridized carbons (Fsp3) is 0.111. The van der Waals surface area contributed by atoms with E-state index in [1.165, 1.54) is 16.7 Å². The van der Waals surface area contributed by atoms with Crippen LogP contribution in [0.2, 0.25) is 5.02 Å². The van der Waals surface area contributed by atoms with E-state index in [-0.39, 0.29) is 11.7 Å². The van der Waals surface area contributed by atoms with E-state index < -0.39 is 0 Å². The van der Waals surface area contributed by atoms with E-state index in [1.54, 1.807) is 12.1 Å². The lowest BCUT2D eigenvalue weighted by Crippen LogP contribution is -1.81. The van der Waals surface area contributed by atoms with Gasteiger partial charge in [0, 0.05) is 26.4 Å². The lowest BCUT2D eigenvalue weighted by molar-refractivity contribution is 0.643. The highest BCUT2D eigenvalue weighted by Crippen LogP contribution is 2.31. The number of hydrogen-bond donors (Lipinski definition) is 0. The summed E-state index contributed by atoms with van der Waals surface area (Å²) in [5, 5.41) is 2.67. The monoisotopic (exact) mass is 234 g/mol. The molecule has 0 aliphatic carbocycles. The van der Waals surface area contributed by atoms with Crippen LogP contribution in [0.3, 0.4) is 0 Å². The standard InChI is InChI=1S/C9H5Cl2FS/c10-3-5-1-6(11)2-8-9(5)7(12)4-13-8/h1-2,4H,3H2. The maximum Gasteiger partial charge on any atom is 0.142 e. The van der Waals surface area contributed by atoms with Gasteiger partial charge in [-0.3, -0.25) is 0 Å². The molecule has 1 aromatic carbocycles. The van der Waals surface area contributed by atoms with Gasteiger partial charge in [-0.15, -0.1) is 22.9 Å². The Morgan fingerprint density at radius 1 is 1.38 bits per heavy atom. The third-order valence-corrected chi connectivity index (χ3v) is 3.23. The molecule has 0 bridgehead atoms. The Morgan fingerprint density at radius 2 is 2.15 bits per heavy atom. The van der Waals surface area contributed by atoms with Gasteiger partial charge in [-0.2, -0.15) is 0 Å². The smallest absolute Gasteiger partial charge is 0.142 e. The quantitative estimate of drug-likeness (QED) is 0.641. The molecule has 0 nitrogen and oxygen atoms in total. The van der Waals surface area contributed by atoms with Gasteiger partial charge in [0.05, 0.1) is 0 Å². The molecule has 4 heteroatoms. The zero-order chi connectivity index (χ0) is 9.42. The maximum absolute atomic E-state index is 13.2. The molecule has 0 fully saturated rings. The molecule has 0 aliphatic rings. The van der Waals surface area contributed by atoms with Gasteiger partial charge in [-0.1, -0.05) is 11.6 Å². The largest absolute Gasteiger partial charge is 0.205 e. The van der Waals surface area contributed by atoms with Crippen LogP contribution in [0.1, 0.15) is 5.56 Å². The van der Waals surface area contributed by atoms with Crippen molar-refractivity contribution in [3.63, 3.8) is 0 Å². The normalized spacial score (nSPS) is 11.0. The van der Waals surface area contributed by atoms with Gasteiger partial charge in [-0.25, -0.2) is 4.39 Å². The van der Waals surface area contributed by atoms with Crippen LogP contribution in [0.5, 0.6) is 0 Å². The number of halogens is 3. The zero-order valence-corrected chi connectivity index (χ0v) is 8.81. The predicted molar refractivity (Wildman–Crippen MR) is 56.4 cm³/mol. The predicted octanol–water partition coefficient (Wildman–Crippen LogP) is 4.43. The van der Waals surface area contributed by atoms with Crippen molar-refractivity contribution in [2.24, 2.45) is 0 Å². The van der Waals surface area contributed by atoms with Crippen molar-refractivity contribution in [3.05, 3.63) is 33.9 Å². The minimum atomic E-state index is -0.215. The number of benzene rings is 1. The molecule has 0 amide bonds. The summed E-state index contributed by atoms with van der Waals surface area (Å²) in [7, 11) is 0. The summed E-state index contributed by atoms with van der Waals surface area (Å²) >= 11 is 12.9. The molecule has 0 saturated heterocycles. The second-order valence-electron chi connectivity index (χ2n) is 2.66. The molecule has 13 heavy (non-hydrogen) atoms. The van der Waals surface area contributed by atoms with Crippen molar-refractivity contribution < 1.29 is 4.39 Å². The average Bonchev–Trinajstić information content (AvgIpc) is 2.46. The van der Waals surface area contributed by atoms with Gasteiger partial charge >= 0.3 is 0 Å². The lowest BCUT2D eigenvalue weighted by Gasteiger charge is -1.99. The van der Waals surface area contributed by atoms with Gasteiger partial charge in [-0.05, 0) is 17.7 Å². The Kier molecular flexibility index (Phi) is 2.45. The minimum absolute atomic E-state index is 0.215. The van der Waals surface area contributed by atoms with Gasteiger partial charge in [0.2, 0.25) is 0 Å². The number of fused-ring (bicyclic) bond motifs is 1. The zero-order valence-electron chi connectivity index (χ0n) is 6.48. The summed E-state index contributed by atoms with van der Waals surface area (Å²) in [5.41, 5.74) is 0.753. The highest BCUT2D eigenvalue weighted by molar-refractivity contribution is 7.17. The molecule has 2 aromatic rings. The van der Waals surface area contributed by atoms with Gasteiger partial charge in [0.1, 0.15) is 5.82 Å². The lowest BCUT2D eigenvalue weighted by atomic mass is 10.1. The molecular formula is C9H5Cl2FS. The summed E-state index contributed by atoms with van der Waals surface area (Å²) < 4.78 is 14.1. The first-order valence-corrected chi connectivity index (χ1v) is 5.42. The van der Waals surface area contributed by atoms with E-state index in [0.717, 1.165) is 10.3 Å². The third kappa shape index (κ3) is 1.54. The molecule has 0 N–H and O–H groups in total. The highest BCUT2D eigenvalue weighted by Gasteiger charge is 2.09. The second-order valence-corrected chi connectivity index (χ2v) is 4.27. The Balaban J connectivity index is 2.85. The van der Waals surface area contributed by atoms with Crippen LogP contribution >= 0.6 is 34.5 Å². The number of alkyl halides is 1. The molecule has 0 spiro atoms. The van der Waals surface area contributed by atoms with Crippen molar-refractivity contribution in [2.75, 3.05) is 0 Å². The van der Waals surface area contributed by atoms with Crippen molar-refractivity contribution in [2.45, 2.75) is 5.88 Å². The Morgan fingerprint density at radius 3 is 2.85 bits per heavy atom. The number of rotatable bonds is 1. The summed E-state index contributed by atoms with van der Waals surface area (Å²) in [6, 6.07) is 3.45. The van der Waals surface area contributed by atoms with E-state index in [1.807, 2.05) is 0 Å². The summed E-state index contributed by atoms with van der Waals surface area (Å²) in [6.07, 6.45) is 0. The minimum Gasteiger partial charge on any atom is -0.205 e. The Hall–Kier alpha value is -0.310. The van der Waals surface area contributed by atoms with Gasteiger partial charge in [0.25, 0.3) is 0 Å². The molecule has 0 unspecified atom stereocenters. The van der Waals surface area contributed by atoms with Crippen molar-refractivity contribution >= 4 is 44.6 Å². The molecule has 68 valence electrons. The Labute approximate surface area is 88.9 Å². The number of thiophene rings is 1. The van der Waals surface area contributed by atoms with Crippen molar-refractivity contribution in [3.8, 4) is 0 Å². The van der Waals surface area contributed by atoms with Crippen LogP contribution in [0, 0.1) is 5.82 Å². The van der Waals surface area contributed by atoms with Gasteiger partial charge in [0.15, 0.2) is 0 Å². The first kappa shape index (κ1) is 9.25. The van der Waals surface area contributed by atoms with Crippen LogP contribution < -0.4 is 0 Å². The third-order valence-electron chi connectivity index (χ3n) is 1.82.